The van der Waals surface area contributed by atoms with Gasteiger partial charge in [-0.15, -0.1) is 0 Å². The van der Waals surface area contributed by atoms with E-state index in [0.717, 1.165) is 12.1 Å². The first kappa shape index (κ1) is 15.3. The lowest BCUT2D eigenvalue weighted by Crippen LogP contribution is -2.29. The Kier molecular flexibility index (Phi) is 5.62. The summed E-state index contributed by atoms with van der Waals surface area (Å²) in [5.74, 6) is 0. The summed E-state index contributed by atoms with van der Waals surface area (Å²) < 4.78 is 36.9. The molecule has 0 heterocycles. The molecule has 0 spiro atoms. The minimum atomic E-state index is -4.38. The van der Waals surface area contributed by atoms with Crippen LogP contribution in [0.15, 0.2) is 24.3 Å². The number of aliphatic hydroxyl groups excluding tert-OH is 1. The van der Waals surface area contributed by atoms with Gasteiger partial charge in [-0.1, -0.05) is 0 Å². The van der Waals surface area contributed by atoms with Crippen molar-refractivity contribution < 1.29 is 23.1 Å². The molecule has 19 heavy (non-hydrogen) atoms. The monoisotopic (exact) mass is 276 g/mol. The lowest BCUT2D eigenvalue weighted by atomic mass is 10.2. The molecule has 0 aliphatic carbocycles. The highest BCUT2D eigenvalue weighted by atomic mass is 19.4. The average molecular weight is 276 g/mol. The number of alkyl halides is 3. The number of unbranched alkanes of at least 4 members (excludes halogenated alkanes) is 1. The van der Waals surface area contributed by atoms with Crippen LogP contribution in [0.2, 0.25) is 0 Å². The van der Waals surface area contributed by atoms with Crippen LogP contribution in [0.3, 0.4) is 0 Å². The van der Waals surface area contributed by atoms with Crippen LogP contribution in [-0.2, 0) is 6.18 Å². The van der Waals surface area contributed by atoms with E-state index in [2.05, 4.69) is 10.6 Å². The third-order valence-corrected chi connectivity index (χ3v) is 2.34. The maximum Gasteiger partial charge on any atom is 0.416 e. The van der Waals surface area contributed by atoms with Crippen LogP contribution in [0.4, 0.5) is 23.7 Å². The third-order valence-electron chi connectivity index (χ3n) is 2.34. The fourth-order valence-corrected chi connectivity index (χ4v) is 1.36. The van der Waals surface area contributed by atoms with Crippen molar-refractivity contribution in [1.29, 1.82) is 0 Å². The number of hydrogen-bond acceptors (Lipinski definition) is 2. The van der Waals surface area contributed by atoms with Gasteiger partial charge in [-0.25, -0.2) is 4.79 Å². The Balaban J connectivity index is 2.43. The molecule has 4 nitrogen and oxygen atoms in total. The lowest BCUT2D eigenvalue weighted by molar-refractivity contribution is -0.137. The number of benzene rings is 1. The predicted octanol–water partition coefficient (Wildman–Crippen LogP) is 2.60. The number of nitrogens with one attached hydrogen (secondary N) is 2. The molecular weight excluding hydrogens is 261 g/mol. The number of anilines is 1. The molecule has 0 aliphatic rings. The summed E-state index contributed by atoms with van der Waals surface area (Å²) in [4.78, 5) is 11.4. The number of carbonyl (C=O) groups is 1. The Hall–Kier alpha value is -1.76. The van der Waals surface area contributed by atoms with Gasteiger partial charge in [-0.2, -0.15) is 13.2 Å². The maximum absolute atomic E-state index is 12.3. The van der Waals surface area contributed by atoms with Crippen LogP contribution in [0, 0.1) is 0 Å². The largest absolute Gasteiger partial charge is 0.416 e. The predicted molar refractivity (Wildman–Crippen MR) is 64.8 cm³/mol. The van der Waals surface area contributed by atoms with Crippen LogP contribution in [0.5, 0.6) is 0 Å². The molecule has 0 aliphatic heterocycles. The van der Waals surface area contributed by atoms with E-state index < -0.39 is 17.8 Å². The Labute approximate surface area is 108 Å². The molecule has 106 valence electrons. The molecule has 0 saturated heterocycles. The van der Waals surface area contributed by atoms with E-state index in [-0.39, 0.29) is 12.3 Å². The Morgan fingerprint density at radius 2 is 1.79 bits per heavy atom. The normalized spacial score (nSPS) is 11.2. The van der Waals surface area contributed by atoms with Crippen molar-refractivity contribution in [3.05, 3.63) is 29.8 Å². The second kappa shape index (κ2) is 6.98. The molecule has 0 saturated carbocycles. The summed E-state index contributed by atoms with van der Waals surface area (Å²) in [5, 5.41) is 13.5. The summed E-state index contributed by atoms with van der Waals surface area (Å²) in [6.07, 6.45) is -3.16. The fourth-order valence-electron chi connectivity index (χ4n) is 1.36. The Morgan fingerprint density at radius 1 is 1.16 bits per heavy atom. The summed E-state index contributed by atoms with van der Waals surface area (Å²) in [6, 6.07) is 3.70. The molecule has 1 aromatic rings. The van der Waals surface area contributed by atoms with Crippen LogP contribution in [0.1, 0.15) is 18.4 Å². The van der Waals surface area contributed by atoms with E-state index in [1.165, 1.54) is 12.1 Å². The zero-order valence-electron chi connectivity index (χ0n) is 10.1. The minimum absolute atomic E-state index is 0.0577. The SMILES string of the molecule is O=C(NCCCCO)Nc1ccc(C(F)(F)F)cc1. The molecule has 0 radical (unpaired) electrons. The van der Waals surface area contributed by atoms with Gasteiger partial charge in [0.05, 0.1) is 5.56 Å². The van der Waals surface area contributed by atoms with Crippen molar-refractivity contribution >= 4 is 11.7 Å². The number of halogens is 3. The summed E-state index contributed by atoms with van der Waals surface area (Å²) in [5.41, 5.74) is -0.478. The van der Waals surface area contributed by atoms with E-state index in [1.54, 1.807) is 0 Å². The number of rotatable bonds is 5. The highest BCUT2D eigenvalue weighted by Gasteiger charge is 2.29. The first-order valence-electron chi connectivity index (χ1n) is 5.76. The molecule has 0 fully saturated rings. The van der Waals surface area contributed by atoms with Crippen molar-refractivity contribution in [1.82, 2.24) is 5.32 Å². The van der Waals surface area contributed by atoms with E-state index >= 15 is 0 Å². The van der Waals surface area contributed by atoms with E-state index in [9.17, 15) is 18.0 Å². The smallest absolute Gasteiger partial charge is 0.396 e. The van der Waals surface area contributed by atoms with Gasteiger partial charge in [0, 0.05) is 18.8 Å². The van der Waals surface area contributed by atoms with Crippen molar-refractivity contribution in [3.8, 4) is 0 Å². The van der Waals surface area contributed by atoms with Gasteiger partial charge >= 0.3 is 12.2 Å². The van der Waals surface area contributed by atoms with Gasteiger partial charge in [0.2, 0.25) is 0 Å². The Bertz CT molecular complexity index is 404. The van der Waals surface area contributed by atoms with E-state index in [0.29, 0.717) is 19.4 Å². The first-order valence-corrected chi connectivity index (χ1v) is 5.76. The van der Waals surface area contributed by atoms with Crippen LogP contribution in [0.25, 0.3) is 0 Å². The molecule has 0 bridgehead atoms. The van der Waals surface area contributed by atoms with Crippen molar-refractivity contribution in [3.63, 3.8) is 0 Å². The molecule has 0 atom stereocenters. The lowest BCUT2D eigenvalue weighted by Gasteiger charge is -2.09. The number of aliphatic hydroxyl groups is 1. The summed E-state index contributed by atoms with van der Waals surface area (Å²) in [6.45, 7) is 0.454. The fraction of sp³-hybridized carbons (Fsp3) is 0.417. The van der Waals surface area contributed by atoms with Gasteiger partial charge in [-0.05, 0) is 37.1 Å². The van der Waals surface area contributed by atoms with Crippen molar-refractivity contribution in [2.45, 2.75) is 19.0 Å². The summed E-state index contributed by atoms with van der Waals surface area (Å²) >= 11 is 0. The molecular formula is C12H15F3N2O2. The third kappa shape index (κ3) is 5.60. The standard InChI is InChI=1S/C12H15F3N2O2/c13-12(14,15)9-3-5-10(6-4-9)17-11(19)16-7-1-2-8-18/h3-6,18H,1-2,7-8H2,(H2,16,17,19). The zero-order chi connectivity index (χ0) is 14.3. The average Bonchev–Trinajstić information content (AvgIpc) is 2.34. The highest BCUT2D eigenvalue weighted by molar-refractivity contribution is 5.89. The van der Waals surface area contributed by atoms with Crippen molar-refractivity contribution in [2.75, 3.05) is 18.5 Å². The van der Waals surface area contributed by atoms with Gasteiger partial charge in [0.1, 0.15) is 0 Å². The summed E-state index contributed by atoms with van der Waals surface area (Å²) in [7, 11) is 0. The number of hydrogen-bond donors (Lipinski definition) is 3. The molecule has 1 rings (SSSR count). The van der Waals surface area contributed by atoms with Crippen LogP contribution < -0.4 is 10.6 Å². The topological polar surface area (TPSA) is 61.4 Å². The number of amides is 2. The van der Waals surface area contributed by atoms with E-state index in [1.807, 2.05) is 0 Å². The number of urea groups is 1. The second-order valence-corrected chi connectivity index (χ2v) is 3.89. The van der Waals surface area contributed by atoms with Crippen LogP contribution in [-0.4, -0.2) is 24.3 Å². The molecule has 2 amide bonds. The molecule has 7 heteroatoms. The number of carbonyl (C=O) groups excluding carboxylic acids is 1. The minimum Gasteiger partial charge on any atom is -0.396 e. The van der Waals surface area contributed by atoms with Crippen molar-refractivity contribution in [2.24, 2.45) is 0 Å². The molecule has 1 aromatic carbocycles. The van der Waals surface area contributed by atoms with Crippen LogP contribution >= 0.6 is 0 Å². The first-order chi connectivity index (χ1) is 8.93. The second-order valence-electron chi connectivity index (χ2n) is 3.89. The van der Waals surface area contributed by atoms with Gasteiger partial charge in [0.15, 0.2) is 0 Å². The van der Waals surface area contributed by atoms with Gasteiger partial charge < -0.3 is 15.7 Å². The van der Waals surface area contributed by atoms with E-state index in [4.69, 9.17) is 5.11 Å². The molecule has 0 aromatic heterocycles. The maximum atomic E-state index is 12.3. The van der Waals surface area contributed by atoms with Gasteiger partial charge in [0.25, 0.3) is 0 Å². The quantitative estimate of drug-likeness (QED) is 0.724. The molecule has 0 unspecified atom stereocenters. The highest BCUT2D eigenvalue weighted by Crippen LogP contribution is 2.29. The molecule has 3 N–H and O–H groups in total. The zero-order valence-corrected chi connectivity index (χ0v) is 10.1. The van der Waals surface area contributed by atoms with Gasteiger partial charge in [-0.3, -0.25) is 0 Å². The Morgan fingerprint density at radius 3 is 2.32 bits per heavy atom.